The van der Waals surface area contributed by atoms with Gasteiger partial charge in [0.25, 0.3) is 0 Å². The van der Waals surface area contributed by atoms with Gasteiger partial charge in [-0.2, -0.15) is 0 Å². The van der Waals surface area contributed by atoms with Crippen molar-refractivity contribution in [2.75, 3.05) is 6.54 Å². The molecule has 1 saturated carbocycles. The summed E-state index contributed by atoms with van der Waals surface area (Å²) in [5.74, 6) is -2.50. The van der Waals surface area contributed by atoms with Gasteiger partial charge in [0.1, 0.15) is 0 Å². The third kappa shape index (κ3) is 2.28. The first kappa shape index (κ1) is 13.5. The molecule has 0 heterocycles. The molecule has 1 aliphatic rings. The molecule has 0 atom stereocenters. The maximum Gasteiger partial charge on any atom is 0.248 e. The first-order valence-electron chi connectivity index (χ1n) is 6.55. The van der Waals surface area contributed by atoms with Gasteiger partial charge < -0.3 is 5.73 Å². The van der Waals surface area contributed by atoms with Crippen LogP contribution in [-0.4, -0.2) is 12.5 Å². The maximum absolute atomic E-state index is 13.4. The number of aryl methyl sites for hydroxylation is 2. The number of alkyl halides is 2. The Kier molecular flexibility index (Phi) is 3.45. The molecule has 0 saturated heterocycles. The topological polar surface area (TPSA) is 26.0 Å². The second kappa shape index (κ2) is 4.61. The van der Waals surface area contributed by atoms with Crippen LogP contribution in [-0.2, 0) is 5.41 Å². The largest absolute Gasteiger partial charge is 0.330 e. The van der Waals surface area contributed by atoms with Gasteiger partial charge in [0.05, 0.1) is 0 Å². The van der Waals surface area contributed by atoms with E-state index in [0.717, 1.165) is 0 Å². The fraction of sp³-hybridized carbons (Fsp3) is 0.600. The molecule has 0 unspecified atom stereocenters. The van der Waals surface area contributed by atoms with Gasteiger partial charge in [0.2, 0.25) is 5.92 Å². The Morgan fingerprint density at radius 3 is 2.00 bits per heavy atom. The Bertz CT molecular complexity index is 410. The van der Waals surface area contributed by atoms with Gasteiger partial charge in [-0.05, 0) is 43.4 Å². The van der Waals surface area contributed by atoms with Crippen LogP contribution in [0, 0.1) is 13.8 Å². The van der Waals surface area contributed by atoms with Crippen molar-refractivity contribution in [3.63, 3.8) is 0 Å². The molecule has 0 spiro atoms. The third-order valence-corrected chi connectivity index (χ3v) is 4.34. The molecule has 0 radical (unpaired) electrons. The molecule has 0 bridgehead atoms. The highest BCUT2D eigenvalue weighted by molar-refractivity contribution is 5.41. The lowest BCUT2D eigenvalue weighted by Crippen LogP contribution is -2.43. The van der Waals surface area contributed by atoms with Crippen LogP contribution in [0.4, 0.5) is 8.78 Å². The van der Waals surface area contributed by atoms with Crippen LogP contribution in [0.3, 0.4) is 0 Å². The highest BCUT2D eigenvalue weighted by Gasteiger charge is 2.44. The minimum absolute atomic E-state index is 0.0437. The van der Waals surface area contributed by atoms with Crippen molar-refractivity contribution in [3.05, 3.63) is 34.9 Å². The number of nitrogens with two attached hydrogens (primary N) is 1. The average Bonchev–Trinajstić information content (AvgIpc) is 2.31. The van der Waals surface area contributed by atoms with E-state index < -0.39 is 5.92 Å². The van der Waals surface area contributed by atoms with E-state index in [9.17, 15) is 8.78 Å². The van der Waals surface area contributed by atoms with E-state index in [4.69, 9.17) is 5.73 Å². The summed E-state index contributed by atoms with van der Waals surface area (Å²) in [6.07, 6.45) is 0.889. The van der Waals surface area contributed by atoms with Crippen molar-refractivity contribution in [2.24, 2.45) is 5.73 Å². The van der Waals surface area contributed by atoms with E-state index in [-0.39, 0.29) is 18.3 Å². The minimum atomic E-state index is -2.50. The summed E-state index contributed by atoms with van der Waals surface area (Å²) in [4.78, 5) is 0. The van der Waals surface area contributed by atoms with Crippen LogP contribution in [0.2, 0.25) is 0 Å². The molecule has 1 aliphatic carbocycles. The predicted molar refractivity (Wildman–Crippen MR) is 70.1 cm³/mol. The van der Waals surface area contributed by atoms with Crippen LogP contribution >= 0.6 is 0 Å². The van der Waals surface area contributed by atoms with Gasteiger partial charge in [-0.15, -0.1) is 0 Å². The lowest BCUT2D eigenvalue weighted by Gasteiger charge is -2.41. The Morgan fingerprint density at radius 1 is 1.06 bits per heavy atom. The average molecular weight is 253 g/mol. The Balaban J connectivity index is 2.40. The van der Waals surface area contributed by atoms with Crippen molar-refractivity contribution < 1.29 is 8.78 Å². The zero-order valence-electron chi connectivity index (χ0n) is 11.1. The van der Waals surface area contributed by atoms with Crippen LogP contribution in [0.5, 0.6) is 0 Å². The second-order valence-corrected chi connectivity index (χ2v) is 5.61. The fourth-order valence-corrected chi connectivity index (χ4v) is 3.30. The summed E-state index contributed by atoms with van der Waals surface area (Å²) in [7, 11) is 0. The molecule has 1 fully saturated rings. The van der Waals surface area contributed by atoms with E-state index in [2.05, 4.69) is 0 Å². The zero-order chi connectivity index (χ0) is 13.4. The first-order valence-corrected chi connectivity index (χ1v) is 6.55. The number of benzene rings is 1. The van der Waals surface area contributed by atoms with Crippen molar-refractivity contribution >= 4 is 0 Å². The molecular formula is C15H21F2N. The van der Waals surface area contributed by atoms with Crippen LogP contribution in [0.15, 0.2) is 18.2 Å². The smallest absolute Gasteiger partial charge is 0.248 e. The summed E-state index contributed by atoms with van der Waals surface area (Å²) < 4.78 is 26.7. The second-order valence-electron chi connectivity index (χ2n) is 5.61. The van der Waals surface area contributed by atoms with Crippen molar-refractivity contribution in [3.8, 4) is 0 Å². The molecule has 0 amide bonds. The van der Waals surface area contributed by atoms with Crippen LogP contribution in [0.1, 0.15) is 42.4 Å². The third-order valence-electron chi connectivity index (χ3n) is 4.34. The van der Waals surface area contributed by atoms with Crippen molar-refractivity contribution in [1.29, 1.82) is 0 Å². The van der Waals surface area contributed by atoms with E-state index in [1.807, 2.05) is 32.0 Å². The summed E-state index contributed by atoms with van der Waals surface area (Å²) in [6.45, 7) is 4.55. The molecule has 0 aliphatic heterocycles. The number of hydrogen-bond donors (Lipinski definition) is 1. The zero-order valence-corrected chi connectivity index (χ0v) is 11.1. The predicted octanol–water partition coefficient (Wildman–Crippen LogP) is 3.71. The van der Waals surface area contributed by atoms with Crippen LogP contribution < -0.4 is 5.73 Å². The molecule has 18 heavy (non-hydrogen) atoms. The number of rotatable bonds is 2. The lowest BCUT2D eigenvalue weighted by molar-refractivity contribution is -0.0510. The molecule has 2 N–H and O–H groups in total. The van der Waals surface area contributed by atoms with Gasteiger partial charge in [-0.1, -0.05) is 18.2 Å². The van der Waals surface area contributed by atoms with Gasteiger partial charge in [0, 0.05) is 24.8 Å². The number of halogens is 2. The Morgan fingerprint density at radius 2 is 1.56 bits per heavy atom. The summed E-state index contributed by atoms with van der Waals surface area (Å²) in [5, 5.41) is 0. The van der Waals surface area contributed by atoms with E-state index in [0.29, 0.717) is 19.4 Å². The van der Waals surface area contributed by atoms with Gasteiger partial charge >= 0.3 is 0 Å². The molecule has 1 nitrogen and oxygen atoms in total. The summed E-state index contributed by atoms with van der Waals surface area (Å²) in [5.41, 5.74) is 9.24. The number of hydrogen-bond acceptors (Lipinski definition) is 1. The molecule has 0 aromatic heterocycles. The molecule has 100 valence electrons. The monoisotopic (exact) mass is 253 g/mol. The molecule has 2 rings (SSSR count). The van der Waals surface area contributed by atoms with Crippen LogP contribution in [0.25, 0.3) is 0 Å². The Labute approximate surface area is 107 Å². The molecule has 3 heteroatoms. The highest BCUT2D eigenvalue weighted by Crippen LogP contribution is 2.46. The Hall–Kier alpha value is -0.960. The molecular weight excluding hydrogens is 232 g/mol. The van der Waals surface area contributed by atoms with Crippen molar-refractivity contribution in [2.45, 2.75) is 50.9 Å². The lowest BCUT2D eigenvalue weighted by atomic mass is 9.66. The van der Waals surface area contributed by atoms with Crippen molar-refractivity contribution in [1.82, 2.24) is 0 Å². The molecule has 1 aromatic rings. The normalized spacial score (nSPS) is 21.8. The minimum Gasteiger partial charge on any atom is -0.330 e. The van der Waals surface area contributed by atoms with Gasteiger partial charge in [-0.3, -0.25) is 0 Å². The van der Waals surface area contributed by atoms with E-state index in [1.165, 1.54) is 16.7 Å². The van der Waals surface area contributed by atoms with E-state index >= 15 is 0 Å². The fourth-order valence-electron chi connectivity index (χ4n) is 3.30. The van der Waals surface area contributed by atoms with Gasteiger partial charge in [-0.25, -0.2) is 8.78 Å². The highest BCUT2D eigenvalue weighted by atomic mass is 19.3. The quantitative estimate of drug-likeness (QED) is 0.854. The van der Waals surface area contributed by atoms with Gasteiger partial charge in [0.15, 0.2) is 0 Å². The standard InChI is InChI=1S/C15H21F2N/c1-11-4-3-5-12(2)13(11)14(10-18)6-8-15(16,17)9-7-14/h3-5H,6-10,18H2,1-2H3. The molecule has 1 aromatic carbocycles. The summed E-state index contributed by atoms with van der Waals surface area (Å²) >= 11 is 0. The van der Waals surface area contributed by atoms with E-state index in [1.54, 1.807) is 0 Å². The maximum atomic E-state index is 13.4. The first-order chi connectivity index (χ1) is 8.40. The summed E-state index contributed by atoms with van der Waals surface area (Å²) in [6, 6.07) is 6.11. The SMILES string of the molecule is Cc1cccc(C)c1C1(CN)CCC(F)(F)CC1.